The lowest BCUT2D eigenvalue weighted by atomic mass is 10.1. The number of hydrogen-bond donors (Lipinski definition) is 2. The molecular formula is C22H24FN5O. The van der Waals surface area contributed by atoms with E-state index in [0.717, 1.165) is 28.6 Å². The molecule has 0 saturated heterocycles. The quantitative estimate of drug-likeness (QED) is 0.712. The number of aryl methyl sites for hydroxylation is 1. The highest BCUT2D eigenvalue weighted by molar-refractivity contribution is 5.82. The average molecular weight is 393 g/mol. The molecule has 1 aromatic heterocycles. The summed E-state index contributed by atoms with van der Waals surface area (Å²) in [7, 11) is 0. The van der Waals surface area contributed by atoms with Gasteiger partial charge in [-0.3, -0.25) is 4.79 Å². The molecule has 7 heteroatoms. The van der Waals surface area contributed by atoms with Crippen LogP contribution in [0.3, 0.4) is 0 Å². The lowest BCUT2D eigenvalue weighted by molar-refractivity contribution is -0.133. The maximum absolute atomic E-state index is 13.4. The molecule has 0 saturated carbocycles. The normalized spacial score (nSPS) is 14.4. The van der Waals surface area contributed by atoms with Crippen LogP contribution in [0, 0.1) is 12.7 Å². The van der Waals surface area contributed by atoms with Gasteiger partial charge in [-0.25, -0.2) is 9.37 Å². The van der Waals surface area contributed by atoms with Crippen molar-refractivity contribution in [3.05, 3.63) is 65.7 Å². The number of rotatable bonds is 4. The van der Waals surface area contributed by atoms with E-state index >= 15 is 0 Å². The molecule has 0 unspecified atom stereocenters. The van der Waals surface area contributed by atoms with Crippen molar-refractivity contribution < 1.29 is 9.18 Å². The molecule has 6 nitrogen and oxygen atoms in total. The maximum Gasteiger partial charge on any atom is 0.239 e. The number of imidazole rings is 1. The molecule has 1 amide bonds. The first-order chi connectivity index (χ1) is 13.9. The minimum Gasteiger partial charge on any atom is -0.340 e. The highest BCUT2D eigenvalue weighted by Crippen LogP contribution is 2.33. The van der Waals surface area contributed by atoms with E-state index in [1.807, 2.05) is 31.2 Å². The number of halogens is 1. The Labute approximate surface area is 169 Å². The fourth-order valence-corrected chi connectivity index (χ4v) is 3.52. The number of amides is 1. The summed E-state index contributed by atoms with van der Waals surface area (Å²) in [5, 5.41) is 3.47. The van der Waals surface area contributed by atoms with Crippen molar-refractivity contribution in [2.24, 2.45) is 5.73 Å². The van der Waals surface area contributed by atoms with Crippen molar-refractivity contribution in [3.8, 4) is 11.3 Å². The summed E-state index contributed by atoms with van der Waals surface area (Å²) in [6, 6.07) is 13.8. The zero-order valence-corrected chi connectivity index (χ0v) is 16.5. The molecule has 0 fully saturated rings. The fraction of sp³-hybridized carbons (Fsp3) is 0.273. The Hall–Kier alpha value is -3.19. The highest BCUT2D eigenvalue weighted by atomic mass is 19.1. The number of nitrogens with two attached hydrogens (primary N) is 1. The van der Waals surface area contributed by atoms with Gasteiger partial charge in [0.05, 0.1) is 12.6 Å². The predicted molar refractivity (Wildman–Crippen MR) is 111 cm³/mol. The van der Waals surface area contributed by atoms with Crippen LogP contribution in [-0.4, -0.2) is 32.9 Å². The smallest absolute Gasteiger partial charge is 0.239 e. The Morgan fingerprint density at radius 3 is 2.48 bits per heavy atom. The number of aromatic nitrogens is 2. The van der Waals surface area contributed by atoms with E-state index in [-0.39, 0.29) is 11.7 Å². The van der Waals surface area contributed by atoms with Gasteiger partial charge in [0.15, 0.2) is 0 Å². The summed E-state index contributed by atoms with van der Waals surface area (Å²) >= 11 is 0. The number of anilines is 2. The van der Waals surface area contributed by atoms with Crippen molar-refractivity contribution >= 4 is 17.4 Å². The van der Waals surface area contributed by atoms with Gasteiger partial charge < -0.3 is 20.5 Å². The second kappa shape index (κ2) is 7.67. The third-order valence-electron chi connectivity index (χ3n) is 5.11. The Balaban J connectivity index is 1.74. The van der Waals surface area contributed by atoms with Crippen molar-refractivity contribution in [3.63, 3.8) is 0 Å². The average Bonchev–Trinajstić information content (AvgIpc) is 3.07. The van der Waals surface area contributed by atoms with Crippen LogP contribution in [0.1, 0.15) is 18.3 Å². The molecule has 0 radical (unpaired) electrons. The molecule has 0 spiro atoms. The Morgan fingerprint density at radius 2 is 1.83 bits per heavy atom. The van der Waals surface area contributed by atoms with Crippen LogP contribution >= 0.6 is 0 Å². The third kappa shape index (κ3) is 3.86. The zero-order chi connectivity index (χ0) is 20.5. The predicted octanol–water partition coefficient (Wildman–Crippen LogP) is 3.43. The lowest BCUT2D eigenvalue weighted by Crippen LogP contribution is -2.45. The number of carbonyl (C=O) groups is 1. The van der Waals surface area contributed by atoms with Crippen LogP contribution in [-0.2, 0) is 17.9 Å². The van der Waals surface area contributed by atoms with Gasteiger partial charge in [0.25, 0.3) is 0 Å². The lowest BCUT2D eigenvalue weighted by Gasteiger charge is -2.29. The molecule has 1 atom stereocenters. The Bertz CT molecular complexity index is 1020. The summed E-state index contributed by atoms with van der Waals surface area (Å²) in [5.41, 5.74) is 9.44. The van der Waals surface area contributed by atoms with Gasteiger partial charge in [0.1, 0.15) is 23.2 Å². The molecule has 0 bridgehead atoms. The standard InChI is InChI=1S/C22H24FN5O/c1-14-3-9-18(10-4-14)25-21-20(16-5-7-17(23)8-6-16)26-19-13-27(11-12-28(19)21)22(29)15(2)24/h3-10,15,25H,11-13,24H2,1-2H3/t15-/m0/s1. The largest absolute Gasteiger partial charge is 0.340 e. The topological polar surface area (TPSA) is 76.2 Å². The number of nitrogens with zero attached hydrogens (tertiary/aromatic N) is 3. The number of benzene rings is 2. The van der Waals surface area contributed by atoms with Crippen LogP contribution in [0.4, 0.5) is 15.9 Å². The van der Waals surface area contributed by atoms with Gasteiger partial charge in [-0.05, 0) is 50.2 Å². The van der Waals surface area contributed by atoms with Gasteiger partial charge >= 0.3 is 0 Å². The van der Waals surface area contributed by atoms with Crippen LogP contribution in [0.5, 0.6) is 0 Å². The molecule has 4 rings (SSSR count). The molecular weight excluding hydrogens is 369 g/mol. The molecule has 2 aromatic carbocycles. The maximum atomic E-state index is 13.4. The molecule has 3 N–H and O–H groups in total. The van der Waals surface area contributed by atoms with Crippen molar-refractivity contribution in [1.29, 1.82) is 0 Å². The van der Waals surface area contributed by atoms with Crippen molar-refractivity contribution in [2.45, 2.75) is 33.0 Å². The summed E-state index contributed by atoms with van der Waals surface area (Å²) in [6.07, 6.45) is 0. The van der Waals surface area contributed by atoms with Crippen LogP contribution in [0.15, 0.2) is 48.5 Å². The van der Waals surface area contributed by atoms with Gasteiger partial charge in [0, 0.05) is 24.3 Å². The van der Waals surface area contributed by atoms with E-state index in [1.165, 1.54) is 17.7 Å². The molecule has 3 aromatic rings. The molecule has 0 aliphatic carbocycles. The van der Waals surface area contributed by atoms with Gasteiger partial charge in [-0.2, -0.15) is 0 Å². The van der Waals surface area contributed by atoms with Gasteiger partial charge in [-0.1, -0.05) is 17.7 Å². The summed E-state index contributed by atoms with van der Waals surface area (Å²) in [4.78, 5) is 18.9. The summed E-state index contributed by atoms with van der Waals surface area (Å²) in [6.45, 7) is 5.30. The molecule has 2 heterocycles. The monoisotopic (exact) mass is 393 g/mol. The van der Waals surface area contributed by atoms with E-state index in [9.17, 15) is 9.18 Å². The van der Waals surface area contributed by atoms with E-state index in [1.54, 1.807) is 24.0 Å². The number of hydrogen-bond acceptors (Lipinski definition) is 4. The zero-order valence-electron chi connectivity index (χ0n) is 16.5. The highest BCUT2D eigenvalue weighted by Gasteiger charge is 2.28. The minimum atomic E-state index is -0.543. The first kappa shape index (κ1) is 19.1. The third-order valence-corrected chi connectivity index (χ3v) is 5.11. The Kier molecular flexibility index (Phi) is 5.07. The first-order valence-electron chi connectivity index (χ1n) is 9.66. The van der Waals surface area contributed by atoms with E-state index in [4.69, 9.17) is 10.7 Å². The minimum absolute atomic E-state index is 0.0874. The first-order valence-corrected chi connectivity index (χ1v) is 9.66. The molecule has 1 aliphatic rings. The number of nitrogens with one attached hydrogen (secondary N) is 1. The molecule has 1 aliphatic heterocycles. The second-order valence-corrected chi connectivity index (χ2v) is 7.42. The van der Waals surface area contributed by atoms with Crippen LogP contribution in [0.25, 0.3) is 11.3 Å². The number of fused-ring (bicyclic) bond motifs is 1. The van der Waals surface area contributed by atoms with Crippen LogP contribution < -0.4 is 11.1 Å². The fourth-order valence-electron chi connectivity index (χ4n) is 3.52. The number of carbonyl (C=O) groups excluding carboxylic acids is 1. The second-order valence-electron chi connectivity index (χ2n) is 7.42. The van der Waals surface area contributed by atoms with E-state index in [0.29, 0.717) is 19.6 Å². The van der Waals surface area contributed by atoms with Crippen molar-refractivity contribution in [2.75, 3.05) is 11.9 Å². The van der Waals surface area contributed by atoms with Crippen molar-refractivity contribution in [1.82, 2.24) is 14.5 Å². The molecule has 29 heavy (non-hydrogen) atoms. The van der Waals surface area contributed by atoms with Gasteiger partial charge in [-0.15, -0.1) is 0 Å². The summed E-state index contributed by atoms with van der Waals surface area (Å²) < 4.78 is 15.5. The SMILES string of the molecule is Cc1ccc(Nc2c(-c3ccc(F)cc3)nc3n2CCN(C(=O)[C@H](C)N)C3)cc1. The molecule has 150 valence electrons. The Morgan fingerprint density at radius 1 is 1.14 bits per heavy atom. The van der Waals surface area contributed by atoms with E-state index < -0.39 is 6.04 Å². The van der Waals surface area contributed by atoms with E-state index in [2.05, 4.69) is 9.88 Å². The summed E-state index contributed by atoms with van der Waals surface area (Å²) in [5.74, 6) is 1.23. The van der Waals surface area contributed by atoms with Gasteiger partial charge in [0.2, 0.25) is 5.91 Å². The van der Waals surface area contributed by atoms with Crippen LogP contribution in [0.2, 0.25) is 0 Å².